The lowest BCUT2D eigenvalue weighted by Crippen LogP contribution is -2.41. The average molecular weight is 224 g/mol. The average Bonchev–Trinajstić information content (AvgIpc) is 2.16. The molecule has 0 aromatic heterocycles. The van der Waals surface area contributed by atoms with Gasteiger partial charge in [0.25, 0.3) is 6.43 Å². The number of nitrogens with two attached hydrogens (primary N) is 1. The fourth-order valence-corrected chi connectivity index (χ4v) is 0.992. The van der Waals surface area contributed by atoms with Crippen LogP contribution in [0.4, 0.5) is 8.78 Å². The van der Waals surface area contributed by atoms with Crippen LogP contribution in [0.2, 0.25) is 0 Å². The first-order valence-corrected chi connectivity index (χ1v) is 4.97. The first kappa shape index (κ1) is 14.2. The molecular formula is C9H18F2N2O2. The van der Waals surface area contributed by atoms with E-state index in [1.165, 1.54) is 0 Å². The predicted octanol–water partition coefficient (Wildman–Crippen LogP) is 0.512. The summed E-state index contributed by atoms with van der Waals surface area (Å²) in [5, 5.41) is 2.51. The Labute approximate surface area is 88.2 Å². The predicted molar refractivity (Wildman–Crippen MR) is 52.7 cm³/mol. The molecule has 15 heavy (non-hydrogen) atoms. The van der Waals surface area contributed by atoms with Crippen LogP contribution in [0.25, 0.3) is 0 Å². The van der Waals surface area contributed by atoms with Gasteiger partial charge in [0.1, 0.15) is 6.61 Å². The van der Waals surface area contributed by atoms with E-state index in [1.807, 2.05) is 6.92 Å². The molecule has 1 atom stereocenters. The third kappa shape index (κ3) is 8.26. The van der Waals surface area contributed by atoms with Crippen molar-refractivity contribution in [3.05, 3.63) is 0 Å². The van der Waals surface area contributed by atoms with E-state index in [-0.39, 0.29) is 19.1 Å². The van der Waals surface area contributed by atoms with Gasteiger partial charge in [0.15, 0.2) is 0 Å². The summed E-state index contributed by atoms with van der Waals surface area (Å²) in [5.74, 6) is -0.266. The van der Waals surface area contributed by atoms with Crippen LogP contribution in [0.5, 0.6) is 0 Å². The van der Waals surface area contributed by atoms with E-state index >= 15 is 0 Å². The van der Waals surface area contributed by atoms with Gasteiger partial charge in [-0.15, -0.1) is 0 Å². The summed E-state index contributed by atoms with van der Waals surface area (Å²) in [7, 11) is 0. The molecule has 0 saturated heterocycles. The Bertz CT molecular complexity index is 179. The van der Waals surface area contributed by atoms with E-state index in [0.717, 1.165) is 6.42 Å². The number of carbonyl (C=O) groups excluding carboxylic acids is 1. The maximum absolute atomic E-state index is 11.6. The first-order chi connectivity index (χ1) is 7.07. The zero-order chi connectivity index (χ0) is 11.7. The van der Waals surface area contributed by atoms with E-state index in [9.17, 15) is 13.6 Å². The van der Waals surface area contributed by atoms with Crippen molar-refractivity contribution >= 4 is 5.91 Å². The van der Waals surface area contributed by atoms with Crippen LogP contribution in [0.1, 0.15) is 19.8 Å². The van der Waals surface area contributed by atoms with Crippen molar-refractivity contribution in [2.24, 2.45) is 5.73 Å². The van der Waals surface area contributed by atoms with E-state index in [2.05, 4.69) is 10.1 Å². The number of halogens is 2. The van der Waals surface area contributed by atoms with Crippen molar-refractivity contribution in [1.82, 2.24) is 5.32 Å². The number of amides is 1. The monoisotopic (exact) mass is 224 g/mol. The van der Waals surface area contributed by atoms with E-state index in [1.54, 1.807) is 0 Å². The van der Waals surface area contributed by atoms with Gasteiger partial charge in [0, 0.05) is 6.54 Å². The minimum absolute atomic E-state index is 0.0783. The highest BCUT2D eigenvalue weighted by Crippen LogP contribution is 1.93. The van der Waals surface area contributed by atoms with Gasteiger partial charge in [-0.1, -0.05) is 13.3 Å². The molecule has 0 aliphatic carbocycles. The smallest absolute Gasteiger partial charge is 0.261 e. The lowest BCUT2D eigenvalue weighted by Gasteiger charge is -2.11. The van der Waals surface area contributed by atoms with Gasteiger partial charge in [-0.3, -0.25) is 4.79 Å². The second kappa shape index (κ2) is 8.55. The van der Waals surface area contributed by atoms with E-state index < -0.39 is 19.1 Å². The molecular weight excluding hydrogens is 206 g/mol. The number of carbonyl (C=O) groups is 1. The van der Waals surface area contributed by atoms with Crippen molar-refractivity contribution in [1.29, 1.82) is 0 Å². The van der Waals surface area contributed by atoms with Crippen molar-refractivity contribution in [3.63, 3.8) is 0 Å². The number of ether oxygens (including phenoxy) is 1. The van der Waals surface area contributed by atoms with Crippen LogP contribution in [-0.4, -0.2) is 38.1 Å². The minimum atomic E-state index is -2.47. The van der Waals surface area contributed by atoms with E-state index in [4.69, 9.17) is 5.73 Å². The van der Waals surface area contributed by atoms with Gasteiger partial charge in [0.05, 0.1) is 12.6 Å². The van der Waals surface area contributed by atoms with E-state index in [0.29, 0.717) is 6.42 Å². The molecule has 0 rings (SSSR count). The molecule has 0 bridgehead atoms. The van der Waals surface area contributed by atoms with Gasteiger partial charge < -0.3 is 15.8 Å². The molecule has 0 aromatic rings. The molecule has 1 amide bonds. The Balaban J connectivity index is 3.38. The highest BCUT2D eigenvalue weighted by atomic mass is 19.3. The number of rotatable bonds is 8. The van der Waals surface area contributed by atoms with Crippen molar-refractivity contribution in [2.75, 3.05) is 19.8 Å². The summed E-state index contributed by atoms with van der Waals surface area (Å²) in [6.45, 7) is 1.62. The molecule has 0 aromatic carbocycles. The van der Waals surface area contributed by atoms with Gasteiger partial charge >= 0.3 is 0 Å². The van der Waals surface area contributed by atoms with Crippen LogP contribution in [-0.2, 0) is 9.53 Å². The lowest BCUT2D eigenvalue weighted by atomic mass is 10.2. The quantitative estimate of drug-likeness (QED) is 0.590. The molecule has 0 aliphatic heterocycles. The largest absolute Gasteiger partial charge is 0.374 e. The summed E-state index contributed by atoms with van der Waals surface area (Å²) < 4.78 is 27.8. The topological polar surface area (TPSA) is 64.4 Å². The highest BCUT2D eigenvalue weighted by Gasteiger charge is 2.10. The fourth-order valence-electron chi connectivity index (χ4n) is 0.992. The molecule has 4 nitrogen and oxygen atoms in total. The maximum Gasteiger partial charge on any atom is 0.261 e. The number of alkyl halides is 2. The highest BCUT2D eigenvalue weighted by molar-refractivity contribution is 5.81. The Morgan fingerprint density at radius 1 is 1.53 bits per heavy atom. The number of hydrogen-bond donors (Lipinski definition) is 2. The zero-order valence-corrected chi connectivity index (χ0v) is 8.84. The first-order valence-electron chi connectivity index (χ1n) is 4.97. The molecule has 1 unspecified atom stereocenters. The van der Waals surface area contributed by atoms with Crippen LogP contribution in [0.15, 0.2) is 0 Å². The normalized spacial score (nSPS) is 12.9. The molecule has 0 heterocycles. The molecule has 0 radical (unpaired) electrons. The molecule has 3 N–H and O–H groups in total. The second-order valence-electron chi connectivity index (χ2n) is 3.15. The number of nitrogens with one attached hydrogen (secondary N) is 1. The second-order valence-corrected chi connectivity index (χ2v) is 3.15. The third-order valence-corrected chi connectivity index (χ3v) is 1.73. The van der Waals surface area contributed by atoms with Crippen molar-refractivity contribution in [2.45, 2.75) is 32.2 Å². The summed E-state index contributed by atoms with van der Waals surface area (Å²) >= 11 is 0. The van der Waals surface area contributed by atoms with Gasteiger partial charge in [-0.25, -0.2) is 8.78 Å². The minimum Gasteiger partial charge on any atom is -0.374 e. The summed E-state index contributed by atoms with van der Waals surface area (Å²) in [6.07, 6.45) is -1.02. The van der Waals surface area contributed by atoms with Crippen LogP contribution in [0.3, 0.4) is 0 Å². The van der Waals surface area contributed by atoms with Gasteiger partial charge in [-0.05, 0) is 6.42 Å². The molecule has 90 valence electrons. The third-order valence-electron chi connectivity index (χ3n) is 1.73. The Morgan fingerprint density at radius 3 is 2.73 bits per heavy atom. The molecule has 0 aliphatic rings. The van der Waals surface area contributed by atoms with Crippen molar-refractivity contribution < 1.29 is 18.3 Å². The Kier molecular flexibility index (Phi) is 8.12. The lowest BCUT2D eigenvalue weighted by molar-refractivity contribution is -0.122. The number of hydrogen-bond acceptors (Lipinski definition) is 3. The van der Waals surface area contributed by atoms with Crippen LogP contribution in [0, 0.1) is 0 Å². The maximum atomic E-state index is 11.6. The Morgan fingerprint density at radius 2 is 2.20 bits per heavy atom. The molecule has 6 heteroatoms. The van der Waals surface area contributed by atoms with Crippen LogP contribution < -0.4 is 11.1 Å². The summed E-state index contributed by atoms with van der Waals surface area (Å²) in [5.41, 5.74) is 5.52. The Hall–Kier alpha value is -0.750. The summed E-state index contributed by atoms with van der Waals surface area (Å²) in [6, 6.07) is -0.523. The summed E-state index contributed by atoms with van der Waals surface area (Å²) in [4.78, 5) is 11.2. The fraction of sp³-hybridized carbons (Fsp3) is 0.889. The molecule has 0 saturated carbocycles. The van der Waals surface area contributed by atoms with Crippen LogP contribution >= 0.6 is 0 Å². The van der Waals surface area contributed by atoms with Gasteiger partial charge in [0.2, 0.25) is 5.91 Å². The van der Waals surface area contributed by atoms with Crippen molar-refractivity contribution in [3.8, 4) is 0 Å². The zero-order valence-electron chi connectivity index (χ0n) is 8.84. The molecule has 0 spiro atoms. The van der Waals surface area contributed by atoms with Gasteiger partial charge in [-0.2, -0.15) is 0 Å². The standard InChI is InChI=1S/C9H18F2N2O2/c1-2-3-7(12)9(14)13-4-5-15-6-8(10)11/h7-8H,2-6,12H2,1H3,(H,13,14). The SMILES string of the molecule is CCCC(N)C(=O)NCCOCC(F)F. The molecule has 0 fully saturated rings.